The first-order valence-electron chi connectivity index (χ1n) is 9.82. The maximum atomic E-state index is 10.4. The Balaban J connectivity index is 4.09. The lowest BCUT2D eigenvalue weighted by Gasteiger charge is -2.21. The van der Waals surface area contributed by atoms with E-state index in [1.54, 1.807) is 48.6 Å². The van der Waals surface area contributed by atoms with Crippen LogP contribution >= 0.6 is 0 Å². The Morgan fingerprint density at radius 3 is 2.04 bits per heavy atom. The minimum atomic E-state index is -0.852. The predicted octanol–water partition coefficient (Wildman–Crippen LogP) is 3.77. The van der Waals surface area contributed by atoms with Gasteiger partial charge in [0.05, 0.1) is 18.3 Å². The molecule has 0 bridgehead atoms. The van der Waals surface area contributed by atoms with Gasteiger partial charge in [0, 0.05) is 12.3 Å². The topological polar surface area (TPSA) is 98.0 Å². The van der Waals surface area contributed by atoms with Gasteiger partial charge in [0.15, 0.2) is 0 Å². The number of aliphatic hydroxyl groups excluding tert-OH is 3. The second-order valence-corrected chi connectivity index (χ2v) is 6.81. The average molecular weight is 381 g/mol. The largest absolute Gasteiger partial charge is 0.481 e. The average Bonchev–Trinajstić information content (AvgIpc) is 2.62. The van der Waals surface area contributed by atoms with E-state index >= 15 is 0 Å². The number of aliphatic carboxylic acids is 1. The van der Waals surface area contributed by atoms with Crippen LogP contribution in [0, 0.1) is 5.92 Å². The molecule has 0 aliphatic carbocycles. The highest BCUT2D eigenvalue weighted by molar-refractivity contribution is 5.66. The van der Waals surface area contributed by atoms with E-state index in [1.165, 1.54) is 0 Å². The molecule has 154 valence electrons. The minimum Gasteiger partial charge on any atom is -0.481 e. The Morgan fingerprint density at radius 2 is 1.44 bits per heavy atom. The number of rotatable bonds is 15. The second-order valence-electron chi connectivity index (χ2n) is 6.81. The summed E-state index contributed by atoms with van der Waals surface area (Å²) in [6.07, 6.45) is 16.9. The fraction of sp³-hybridized carbons (Fsp3) is 0.591. The van der Waals surface area contributed by atoms with E-state index in [-0.39, 0.29) is 12.3 Å². The minimum absolute atomic E-state index is 0.0655. The summed E-state index contributed by atoms with van der Waals surface area (Å²) in [7, 11) is 0. The number of hydrogen-bond donors (Lipinski definition) is 4. The van der Waals surface area contributed by atoms with Crippen LogP contribution in [0.15, 0.2) is 48.6 Å². The van der Waals surface area contributed by atoms with Gasteiger partial charge in [0.25, 0.3) is 0 Å². The molecule has 0 saturated heterocycles. The lowest BCUT2D eigenvalue weighted by molar-refractivity contribution is -0.137. The number of hydrogen-bond acceptors (Lipinski definition) is 4. The zero-order valence-corrected chi connectivity index (χ0v) is 16.6. The lowest BCUT2D eigenvalue weighted by Crippen LogP contribution is -2.28. The van der Waals surface area contributed by atoms with Crippen LogP contribution in [-0.2, 0) is 4.79 Å². The van der Waals surface area contributed by atoms with Gasteiger partial charge in [-0.1, -0.05) is 81.7 Å². The summed E-state index contributed by atoms with van der Waals surface area (Å²) in [6.45, 7) is 3.97. The van der Waals surface area contributed by atoms with Crippen LogP contribution in [0.1, 0.15) is 58.8 Å². The Morgan fingerprint density at radius 1 is 0.852 bits per heavy atom. The molecule has 27 heavy (non-hydrogen) atoms. The molecule has 0 radical (unpaired) electrons. The number of aliphatic hydroxyl groups is 3. The number of carbonyl (C=O) groups is 1. The van der Waals surface area contributed by atoms with Gasteiger partial charge in [-0.2, -0.15) is 0 Å². The van der Waals surface area contributed by atoms with Crippen molar-refractivity contribution >= 4 is 5.97 Å². The fourth-order valence-corrected chi connectivity index (χ4v) is 2.45. The molecule has 0 amide bonds. The smallest absolute Gasteiger partial charge is 0.303 e. The Kier molecular flexibility index (Phi) is 15.4. The van der Waals surface area contributed by atoms with Crippen LogP contribution in [0.2, 0.25) is 0 Å². The molecule has 4 atom stereocenters. The van der Waals surface area contributed by atoms with Gasteiger partial charge in [0.1, 0.15) is 0 Å². The molecular weight excluding hydrogens is 344 g/mol. The normalized spacial score (nSPS) is 17.2. The number of carboxylic acid groups (broad SMARTS) is 1. The molecule has 5 nitrogen and oxygen atoms in total. The van der Waals surface area contributed by atoms with E-state index in [9.17, 15) is 20.1 Å². The zero-order valence-electron chi connectivity index (χ0n) is 16.6. The summed E-state index contributed by atoms with van der Waals surface area (Å²) >= 11 is 0. The van der Waals surface area contributed by atoms with Crippen LogP contribution in [0.25, 0.3) is 0 Å². The van der Waals surface area contributed by atoms with Crippen LogP contribution in [0.3, 0.4) is 0 Å². The SMILES string of the molecule is CCCCCC(O)C(C)C(O)\C=C/C=C\C=C\C=C\C(O)CCCC(=O)O. The van der Waals surface area contributed by atoms with Gasteiger partial charge in [-0.05, 0) is 19.3 Å². The second kappa shape index (κ2) is 16.5. The molecule has 5 heteroatoms. The molecule has 0 aliphatic rings. The Hall–Kier alpha value is -1.69. The van der Waals surface area contributed by atoms with Crippen molar-refractivity contribution in [2.24, 2.45) is 5.92 Å². The van der Waals surface area contributed by atoms with Crippen molar-refractivity contribution < 1.29 is 25.2 Å². The fourth-order valence-electron chi connectivity index (χ4n) is 2.45. The van der Waals surface area contributed by atoms with Gasteiger partial charge in [-0.3, -0.25) is 4.79 Å². The summed E-state index contributed by atoms with van der Waals surface area (Å²) in [5.74, 6) is -1.05. The third kappa shape index (κ3) is 15.1. The highest BCUT2D eigenvalue weighted by Crippen LogP contribution is 2.16. The van der Waals surface area contributed by atoms with Crippen LogP contribution in [-0.4, -0.2) is 44.7 Å². The van der Waals surface area contributed by atoms with Crippen molar-refractivity contribution in [3.8, 4) is 0 Å². The predicted molar refractivity (Wildman–Crippen MR) is 109 cm³/mol. The highest BCUT2D eigenvalue weighted by atomic mass is 16.4. The molecule has 0 aliphatic heterocycles. The summed E-state index contributed by atoms with van der Waals surface area (Å²) in [5.41, 5.74) is 0. The number of unbranched alkanes of at least 4 members (excludes halogenated alkanes) is 2. The van der Waals surface area contributed by atoms with Gasteiger partial charge in [0.2, 0.25) is 0 Å². The lowest BCUT2D eigenvalue weighted by atomic mass is 9.93. The van der Waals surface area contributed by atoms with E-state index in [2.05, 4.69) is 6.92 Å². The van der Waals surface area contributed by atoms with Gasteiger partial charge < -0.3 is 20.4 Å². The first kappa shape index (κ1) is 25.3. The zero-order chi connectivity index (χ0) is 20.5. The number of carboxylic acids is 1. The van der Waals surface area contributed by atoms with Gasteiger partial charge in [-0.25, -0.2) is 0 Å². The standard InChI is InChI=1S/C22H36O5/c1-3-4-9-15-20(24)18(2)21(25)16-11-8-6-5-7-10-13-19(23)14-12-17-22(26)27/h5-8,10-11,13,16,18-21,23-25H,3-4,9,12,14-15,17H2,1-2H3,(H,26,27)/b7-5+,8-6-,13-10+,16-11-. The van der Waals surface area contributed by atoms with E-state index in [1.807, 2.05) is 6.92 Å². The summed E-state index contributed by atoms with van der Waals surface area (Å²) in [5, 5.41) is 38.3. The molecular formula is C22H36O5. The quantitative estimate of drug-likeness (QED) is 0.256. The molecule has 0 spiro atoms. The third-order valence-electron chi connectivity index (χ3n) is 4.34. The number of allylic oxidation sites excluding steroid dienone is 6. The van der Waals surface area contributed by atoms with Gasteiger partial charge >= 0.3 is 5.97 Å². The van der Waals surface area contributed by atoms with Crippen LogP contribution in [0.4, 0.5) is 0 Å². The first-order valence-corrected chi connectivity index (χ1v) is 9.82. The Labute approximate surface area is 163 Å². The van der Waals surface area contributed by atoms with Crippen molar-refractivity contribution in [1.29, 1.82) is 0 Å². The summed E-state index contributed by atoms with van der Waals surface area (Å²) < 4.78 is 0. The molecule has 4 N–H and O–H groups in total. The molecule has 0 rings (SSSR count). The van der Waals surface area contributed by atoms with E-state index in [0.717, 1.165) is 19.3 Å². The van der Waals surface area contributed by atoms with Crippen molar-refractivity contribution in [3.63, 3.8) is 0 Å². The third-order valence-corrected chi connectivity index (χ3v) is 4.34. The van der Waals surface area contributed by atoms with Gasteiger partial charge in [-0.15, -0.1) is 0 Å². The molecule has 0 aromatic rings. The molecule has 0 heterocycles. The van der Waals surface area contributed by atoms with E-state index in [0.29, 0.717) is 19.3 Å². The molecule has 4 unspecified atom stereocenters. The summed E-state index contributed by atoms with van der Waals surface area (Å²) in [4.78, 5) is 10.4. The van der Waals surface area contributed by atoms with Crippen molar-refractivity contribution in [1.82, 2.24) is 0 Å². The maximum Gasteiger partial charge on any atom is 0.303 e. The Bertz CT molecular complexity index is 493. The highest BCUT2D eigenvalue weighted by Gasteiger charge is 2.19. The van der Waals surface area contributed by atoms with E-state index in [4.69, 9.17) is 5.11 Å². The molecule has 0 aromatic carbocycles. The first-order chi connectivity index (χ1) is 12.9. The molecule has 0 fully saturated rings. The van der Waals surface area contributed by atoms with Crippen molar-refractivity contribution in [2.75, 3.05) is 0 Å². The summed E-state index contributed by atoms with van der Waals surface area (Å²) in [6, 6.07) is 0. The van der Waals surface area contributed by atoms with Crippen LogP contribution < -0.4 is 0 Å². The maximum absolute atomic E-state index is 10.4. The molecule has 0 aromatic heterocycles. The van der Waals surface area contributed by atoms with Crippen LogP contribution in [0.5, 0.6) is 0 Å². The monoisotopic (exact) mass is 380 g/mol. The van der Waals surface area contributed by atoms with Crippen molar-refractivity contribution in [2.45, 2.75) is 77.1 Å². The van der Waals surface area contributed by atoms with E-state index < -0.39 is 24.3 Å². The van der Waals surface area contributed by atoms with Crippen molar-refractivity contribution in [3.05, 3.63) is 48.6 Å². The molecule has 0 saturated carbocycles.